The van der Waals surface area contributed by atoms with E-state index < -0.39 is 12.0 Å². The van der Waals surface area contributed by atoms with Crippen LogP contribution in [-0.4, -0.2) is 25.0 Å². The fourth-order valence-corrected chi connectivity index (χ4v) is 2.81. The van der Waals surface area contributed by atoms with E-state index >= 15 is 0 Å². The standard InChI is InChI=1S/C24H31NO4/c1-16(2)21(25-22(26)18-9-13-20(28-6)14-10-18)23(27)29-15-17-7-11-19(12-8-17)24(3,4)5/h7-14,16,21H,15H2,1-6H3,(H,25,26)/t21-/m0/s1. The van der Waals surface area contributed by atoms with Gasteiger partial charge in [-0.15, -0.1) is 0 Å². The van der Waals surface area contributed by atoms with E-state index in [1.807, 2.05) is 26.0 Å². The number of benzene rings is 2. The number of hydrogen-bond acceptors (Lipinski definition) is 4. The normalized spacial score (nSPS) is 12.4. The minimum Gasteiger partial charge on any atom is -0.497 e. The van der Waals surface area contributed by atoms with Crippen molar-refractivity contribution in [2.45, 2.75) is 52.7 Å². The first kappa shape index (κ1) is 22.5. The predicted octanol–water partition coefficient (Wildman–Crippen LogP) is 4.49. The molecule has 0 saturated carbocycles. The molecule has 0 radical (unpaired) electrons. The number of ether oxygens (including phenoxy) is 2. The van der Waals surface area contributed by atoms with Crippen molar-refractivity contribution < 1.29 is 19.1 Å². The Bertz CT molecular complexity index is 817. The zero-order valence-corrected chi connectivity index (χ0v) is 18.1. The van der Waals surface area contributed by atoms with Crippen molar-refractivity contribution in [3.63, 3.8) is 0 Å². The molecule has 1 amide bonds. The molecule has 0 heterocycles. The van der Waals surface area contributed by atoms with Crippen LogP contribution in [0.1, 0.15) is 56.1 Å². The van der Waals surface area contributed by atoms with Crippen LogP contribution in [-0.2, 0) is 21.6 Å². The number of hydrogen-bond donors (Lipinski definition) is 1. The Balaban J connectivity index is 1.98. The summed E-state index contributed by atoms with van der Waals surface area (Å²) in [5.41, 5.74) is 2.67. The summed E-state index contributed by atoms with van der Waals surface area (Å²) < 4.78 is 10.6. The van der Waals surface area contributed by atoms with E-state index in [0.29, 0.717) is 11.3 Å². The maximum atomic E-state index is 12.6. The van der Waals surface area contributed by atoms with Gasteiger partial charge in [-0.3, -0.25) is 4.79 Å². The molecule has 5 heteroatoms. The summed E-state index contributed by atoms with van der Waals surface area (Å²) >= 11 is 0. The van der Waals surface area contributed by atoms with Crippen molar-refractivity contribution in [3.8, 4) is 5.75 Å². The highest BCUT2D eigenvalue weighted by Crippen LogP contribution is 2.22. The quantitative estimate of drug-likeness (QED) is 0.699. The molecule has 0 bridgehead atoms. The van der Waals surface area contributed by atoms with Crippen LogP contribution in [0, 0.1) is 5.92 Å². The summed E-state index contributed by atoms with van der Waals surface area (Å²) in [6.45, 7) is 10.4. The summed E-state index contributed by atoms with van der Waals surface area (Å²) in [6, 6.07) is 14.0. The highest BCUT2D eigenvalue weighted by molar-refractivity contribution is 5.96. The van der Waals surface area contributed by atoms with Gasteiger partial charge in [0.25, 0.3) is 5.91 Å². The summed E-state index contributed by atoms with van der Waals surface area (Å²) in [5, 5.41) is 2.78. The van der Waals surface area contributed by atoms with Crippen LogP contribution in [0.4, 0.5) is 0 Å². The Hall–Kier alpha value is -2.82. The van der Waals surface area contributed by atoms with E-state index in [9.17, 15) is 9.59 Å². The topological polar surface area (TPSA) is 64.6 Å². The second kappa shape index (κ2) is 9.59. The van der Waals surface area contributed by atoms with Crippen molar-refractivity contribution in [1.29, 1.82) is 0 Å². The number of carbonyl (C=O) groups excluding carboxylic acids is 2. The van der Waals surface area contributed by atoms with Crippen LogP contribution >= 0.6 is 0 Å². The fraction of sp³-hybridized carbons (Fsp3) is 0.417. The number of methoxy groups -OCH3 is 1. The lowest BCUT2D eigenvalue weighted by Crippen LogP contribution is -2.45. The first-order valence-electron chi connectivity index (χ1n) is 9.83. The van der Waals surface area contributed by atoms with E-state index in [4.69, 9.17) is 9.47 Å². The maximum Gasteiger partial charge on any atom is 0.329 e. The third-order valence-electron chi connectivity index (χ3n) is 4.76. The summed E-state index contributed by atoms with van der Waals surface area (Å²) in [4.78, 5) is 25.1. The monoisotopic (exact) mass is 397 g/mol. The minimum absolute atomic E-state index is 0.0731. The number of carbonyl (C=O) groups is 2. The molecule has 2 aromatic carbocycles. The van der Waals surface area contributed by atoms with Crippen molar-refractivity contribution in [2.24, 2.45) is 5.92 Å². The molecular formula is C24H31NO4. The fourth-order valence-electron chi connectivity index (χ4n) is 2.81. The van der Waals surface area contributed by atoms with E-state index in [1.165, 1.54) is 5.56 Å². The van der Waals surface area contributed by atoms with Gasteiger partial charge in [-0.2, -0.15) is 0 Å². The molecule has 0 unspecified atom stereocenters. The second-order valence-electron chi connectivity index (χ2n) is 8.48. The molecule has 29 heavy (non-hydrogen) atoms. The lowest BCUT2D eigenvalue weighted by Gasteiger charge is -2.21. The summed E-state index contributed by atoms with van der Waals surface area (Å²) in [5.74, 6) is -0.202. The number of esters is 1. The molecule has 2 aromatic rings. The molecule has 2 rings (SSSR count). The van der Waals surface area contributed by atoms with E-state index in [1.54, 1.807) is 31.4 Å². The van der Waals surface area contributed by atoms with Crippen molar-refractivity contribution >= 4 is 11.9 Å². The van der Waals surface area contributed by atoms with Crippen LogP contribution < -0.4 is 10.1 Å². The average molecular weight is 398 g/mol. The Kier molecular flexibility index (Phi) is 7.43. The van der Waals surface area contributed by atoms with Gasteiger partial charge in [0.2, 0.25) is 0 Å². The number of amides is 1. The summed E-state index contributed by atoms with van der Waals surface area (Å²) in [7, 11) is 1.57. The molecule has 1 N–H and O–H groups in total. The third kappa shape index (κ3) is 6.34. The van der Waals surface area contributed by atoms with Crippen LogP contribution in [0.3, 0.4) is 0 Å². The molecular weight excluding hydrogens is 366 g/mol. The Morgan fingerprint density at radius 1 is 0.966 bits per heavy atom. The zero-order valence-electron chi connectivity index (χ0n) is 18.1. The smallest absolute Gasteiger partial charge is 0.329 e. The van der Waals surface area contributed by atoms with E-state index in [-0.39, 0.29) is 23.8 Å². The zero-order chi connectivity index (χ0) is 21.6. The molecule has 1 atom stereocenters. The second-order valence-corrected chi connectivity index (χ2v) is 8.48. The van der Waals surface area contributed by atoms with Gasteiger partial charge in [0.15, 0.2) is 0 Å². The van der Waals surface area contributed by atoms with Crippen LogP contribution in [0.15, 0.2) is 48.5 Å². The van der Waals surface area contributed by atoms with E-state index in [2.05, 4.69) is 38.2 Å². The molecule has 5 nitrogen and oxygen atoms in total. The predicted molar refractivity (Wildman–Crippen MR) is 114 cm³/mol. The number of nitrogens with one attached hydrogen (secondary N) is 1. The molecule has 0 aliphatic heterocycles. The van der Waals surface area contributed by atoms with Gasteiger partial charge in [-0.1, -0.05) is 58.9 Å². The highest BCUT2D eigenvalue weighted by Gasteiger charge is 2.26. The van der Waals surface area contributed by atoms with Crippen molar-refractivity contribution in [3.05, 3.63) is 65.2 Å². The molecule has 0 aliphatic rings. The molecule has 0 aliphatic carbocycles. The van der Waals surface area contributed by atoms with Crippen molar-refractivity contribution in [2.75, 3.05) is 7.11 Å². The molecule has 0 aromatic heterocycles. The summed E-state index contributed by atoms with van der Waals surface area (Å²) in [6.07, 6.45) is 0. The van der Waals surface area contributed by atoms with Gasteiger partial charge < -0.3 is 14.8 Å². The molecule has 0 fully saturated rings. The maximum absolute atomic E-state index is 12.6. The van der Waals surface area contributed by atoms with Crippen molar-refractivity contribution in [1.82, 2.24) is 5.32 Å². The van der Waals surface area contributed by atoms with Gasteiger partial charge in [-0.05, 0) is 46.7 Å². The van der Waals surface area contributed by atoms with E-state index in [0.717, 1.165) is 5.56 Å². The highest BCUT2D eigenvalue weighted by atomic mass is 16.5. The van der Waals surface area contributed by atoms with Gasteiger partial charge in [0, 0.05) is 5.56 Å². The van der Waals surface area contributed by atoms with Crippen LogP contribution in [0.5, 0.6) is 5.75 Å². The van der Waals surface area contributed by atoms with Gasteiger partial charge in [-0.25, -0.2) is 4.79 Å². The first-order chi connectivity index (χ1) is 13.6. The average Bonchev–Trinajstić information content (AvgIpc) is 2.69. The Morgan fingerprint density at radius 2 is 1.55 bits per heavy atom. The molecule has 156 valence electrons. The first-order valence-corrected chi connectivity index (χ1v) is 9.83. The molecule has 0 spiro atoms. The largest absolute Gasteiger partial charge is 0.497 e. The SMILES string of the molecule is COc1ccc(C(=O)N[C@H](C(=O)OCc2ccc(C(C)(C)C)cc2)C(C)C)cc1. The van der Waals surface area contributed by atoms with Gasteiger partial charge in [0.05, 0.1) is 7.11 Å². The number of rotatable bonds is 7. The lowest BCUT2D eigenvalue weighted by atomic mass is 9.87. The third-order valence-corrected chi connectivity index (χ3v) is 4.76. The van der Waals surface area contributed by atoms with Crippen LogP contribution in [0.25, 0.3) is 0 Å². The minimum atomic E-state index is -0.724. The Labute approximate surface area is 173 Å². The lowest BCUT2D eigenvalue weighted by molar-refractivity contribution is -0.148. The van der Waals surface area contributed by atoms with Crippen LogP contribution in [0.2, 0.25) is 0 Å². The molecule has 0 saturated heterocycles. The van der Waals surface area contributed by atoms with Gasteiger partial charge >= 0.3 is 5.97 Å². The Morgan fingerprint density at radius 3 is 2.03 bits per heavy atom. The van der Waals surface area contributed by atoms with Gasteiger partial charge in [0.1, 0.15) is 18.4 Å².